The molecule has 0 saturated carbocycles. The van der Waals surface area contributed by atoms with Gasteiger partial charge in [0.15, 0.2) is 0 Å². The van der Waals surface area contributed by atoms with E-state index in [0.717, 1.165) is 31.6 Å². The summed E-state index contributed by atoms with van der Waals surface area (Å²) in [5.41, 5.74) is 1.72. The average molecular weight is 330 g/mol. The van der Waals surface area contributed by atoms with Crippen LogP contribution in [0.25, 0.3) is 0 Å². The van der Waals surface area contributed by atoms with Gasteiger partial charge in [-0.05, 0) is 43.5 Å². The Morgan fingerprint density at radius 3 is 3.04 bits per heavy atom. The molecule has 0 radical (unpaired) electrons. The lowest BCUT2D eigenvalue weighted by Crippen LogP contribution is -2.33. The number of nitrogens with zero attached hydrogens (tertiary/aromatic N) is 2. The third-order valence-corrected chi connectivity index (χ3v) is 4.43. The van der Waals surface area contributed by atoms with E-state index in [2.05, 4.69) is 15.7 Å². The number of piperidine rings is 1. The van der Waals surface area contributed by atoms with Crippen LogP contribution in [0.3, 0.4) is 0 Å². The smallest absolute Gasteiger partial charge is 0.241 e. The Hall–Kier alpha value is -2.21. The Bertz CT molecular complexity index is 679. The summed E-state index contributed by atoms with van der Waals surface area (Å²) in [6, 6.07) is 8.63. The molecule has 2 heterocycles. The third kappa shape index (κ3) is 4.20. The van der Waals surface area contributed by atoms with Gasteiger partial charge in [0.05, 0.1) is 0 Å². The molecule has 1 saturated heterocycles. The number of amides is 1. The highest BCUT2D eigenvalue weighted by Gasteiger charge is 2.19. The van der Waals surface area contributed by atoms with Crippen LogP contribution in [-0.2, 0) is 17.8 Å². The van der Waals surface area contributed by atoms with E-state index in [1.165, 1.54) is 6.07 Å². The van der Waals surface area contributed by atoms with Crippen molar-refractivity contribution in [1.29, 1.82) is 0 Å². The summed E-state index contributed by atoms with van der Waals surface area (Å²) in [7, 11) is 0. The van der Waals surface area contributed by atoms with Crippen LogP contribution in [0.1, 0.15) is 30.0 Å². The third-order valence-electron chi connectivity index (χ3n) is 4.43. The van der Waals surface area contributed by atoms with E-state index in [4.69, 9.17) is 0 Å². The molecule has 5 nitrogen and oxygen atoms in total. The van der Waals surface area contributed by atoms with Gasteiger partial charge in [-0.3, -0.25) is 9.48 Å². The molecule has 3 rings (SSSR count). The molecule has 0 bridgehead atoms. The van der Waals surface area contributed by atoms with Crippen molar-refractivity contribution in [3.8, 4) is 0 Å². The maximum atomic E-state index is 13.5. The summed E-state index contributed by atoms with van der Waals surface area (Å²) in [5, 5.41) is 10.5. The average Bonchev–Trinajstić information content (AvgIpc) is 3.05. The first kappa shape index (κ1) is 16.6. The van der Waals surface area contributed by atoms with Crippen molar-refractivity contribution in [2.24, 2.45) is 0 Å². The van der Waals surface area contributed by atoms with Gasteiger partial charge in [0.2, 0.25) is 5.91 Å². The van der Waals surface area contributed by atoms with Crippen LogP contribution < -0.4 is 10.6 Å². The Balaban J connectivity index is 1.50. The Labute approximate surface area is 141 Å². The van der Waals surface area contributed by atoms with E-state index in [9.17, 15) is 9.18 Å². The van der Waals surface area contributed by atoms with E-state index in [0.29, 0.717) is 24.4 Å². The molecule has 1 aliphatic rings. The standard InChI is InChI=1S/C18H23FN4O/c19-16-6-2-1-4-14(16)7-10-21-18(24)13-23-17(8-11-22-23)15-5-3-9-20-12-15/h1-2,4,6,8,11,15,20H,3,5,7,9-10,12-13H2,(H,21,24)/t15-/m0/s1. The molecule has 2 N–H and O–H groups in total. The quantitative estimate of drug-likeness (QED) is 0.850. The normalized spacial score (nSPS) is 17.6. The molecular formula is C18H23FN4O. The fraction of sp³-hybridized carbons (Fsp3) is 0.444. The van der Waals surface area contributed by atoms with Crippen LogP contribution in [-0.4, -0.2) is 35.3 Å². The summed E-state index contributed by atoms with van der Waals surface area (Å²) < 4.78 is 15.3. The highest BCUT2D eigenvalue weighted by atomic mass is 19.1. The molecule has 6 heteroatoms. The van der Waals surface area contributed by atoms with E-state index in [-0.39, 0.29) is 18.3 Å². The van der Waals surface area contributed by atoms with E-state index in [1.54, 1.807) is 29.1 Å². The van der Waals surface area contributed by atoms with Gasteiger partial charge in [-0.15, -0.1) is 0 Å². The fourth-order valence-electron chi connectivity index (χ4n) is 3.16. The van der Waals surface area contributed by atoms with Crippen molar-refractivity contribution in [2.75, 3.05) is 19.6 Å². The minimum Gasteiger partial charge on any atom is -0.354 e. The number of benzene rings is 1. The lowest BCUT2D eigenvalue weighted by Gasteiger charge is -2.23. The molecule has 1 amide bonds. The van der Waals surface area contributed by atoms with Crippen molar-refractivity contribution >= 4 is 5.91 Å². The zero-order chi connectivity index (χ0) is 16.8. The number of rotatable bonds is 6. The van der Waals surface area contributed by atoms with Crippen LogP contribution in [0, 0.1) is 5.82 Å². The van der Waals surface area contributed by atoms with Crippen LogP contribution in [0.2, 0.25) is 0 Å². The predicted octanol–water partition coefficient (Wildman–Crippen LogP) is 1.85. The first-order valence-electron chi connectivity index (χ1n) is 8.46. The number of hydrogen-bond acceptors (Lipinski definition) is 3. The van der Waals surface area contributed by atoms with Gasteiger partial charge in [-0.1, -0.05) is 18.2 Å². The summed E-state index contributed by atoms with van der Waals surface area (Å²) >= 11 is 0. The summed E-state index contributed by atoms with van der Waals surface area (Å²) in [6.07, 6.45) is 4.49. The summed E-state index contributed by atoms with van der Waals surface area (Å²) in [5.74, 6) is 0.0819. The van der Waals surface area contributed by atoms with Gasteiger partial charge in [0.1, 0.15) is 12.4 Å². The Morgan fingerprint density at radius 1 is 1.38 bits per heavy atom. The lowest BCUT2D eigenvalue weighted by atomic mass is 9.96. The number of aromatic nitrogens is 2. The minimum atomic E-state index is -0.231. The number of nitrogens with one attached hydrogen (secondary N) is 2. The van der Waals surface area contributed by atoms with Crippen molar-refractivity contribution in [2.45, 2.75) is 31.7 Å². The molecule has 0 spiro atoms. The van der Waals surface area contributed by atoms with Crippen molar-refractivity contribution < 1.29 is 9.18 Å². The molecule has 1 aliphatic heterocycles. The topological polar surface area (TPSA) is 59.0 Å². The van der Waals surface area contributed by atoms with Gasteiger partial charge >= 0.3 is 0 Å². The van der Waals surface area contributed by atoms with Crippen LogP contribution in [0.15, 0.2) is 36.5 Å². The molecule has 1 aromatic heterocycles. The molecule has 1 atom stereocenters. The molecule has 2 aromatic rings. The minimum absolute atomic E-state index is 0.0972. The van der Waals surface area contributed by atoms with Crippen molar-refractivity contribution in [3.05, 3.63) is 53.6 Å². The number of hydrogen-bond donors (Lipinski definition) is 2. The second-order valence-corrected chi connectivity index (χ2v) is 6.15. The van der Waals surface area contributed by atoms with Crippen LogP contribution >= 0.6 is 0 Å². The van der Waals surface area contributed by atoms with E-state index >= 15 is 0 Å². The van der Waals surface area contributed by atoms with Crippen LogP contribution in [0.4, 0.5) is 4.39 Å². The van der Waals surface area contributed by atoms with Crippen molar-refractivity contribution in [3.63, 3.8) is 0 Å². The second kappa shape index (κ2) is 8.06. The second-order valence-electron chi connectivity index (χ2n) is 6.15. The molecule has 0 aliphatic carbocycles. The first-order chi connectivity index (χ1) is 11.7. The lowest BCUT2D eigenvalue weighted by molar-refractivity contribution is -0.121. The molecule has 128 valence electrons. The van der Waals surface area contributed by atoms with E-state index < -0.39 is 0 Å². The molecule has 24 heavy (non-hydrogen) atoms. The first-order valence-corrected chi connectivity index (χ1v) is 8.46. The monoisotopic (exact) mass is 330 g/mol. The maximum absolute atomic E-state index is 13.5. The van der Waals surface area contributed by atoms with Gasteiger partial charge in [-0.2, -0.15) is 5.10 Å². The number of carbonyl (C=O) groups is 1. The number of carbonyl (C=O) groups excluding carboxylic acids is 1. The zero-order valence-electron chi connectivity index (χ0n) is 13.7. The predicted molar refractivity (Wildman–Crippen MR) is 90.2 cm³/mol. The van der Waals surface area contributed by atoms with Gasteiger partial charge in [0.25, 0.3) is 0 Å². The highest BCUT2D eigenvalue weighted by molar-refractivity contribution is 5.75. The van der Waals surface area contributed by atoms with Gasteiger partial charge < -0.3 is 10.6 Å². The fourth-order valence-corrected chi connectivity index (χ4v) is 3.16. The number of halogens is 1. The largest absolute Gasteiger partial charge is 0.354 e. The molecule has 0 unspecified atom stereocenters. The Morgan fingerprint density at radius 2 is 2.25 bits per heavy atom. The highest BCUT2D eigenvalue weighted by Crippen LogP contribution is 2.22. The zero-order valence-corrected chi connectivity index (χ0v) is 13.7. The SMILES string of the molecule is O=C(Cn1nccc1[C@H]1CCCNC1)NCCc1ccccc1F. The van der Waals surface area contributed by atoms with Gasteiger partial charge in [-0.25, -0.2) is 4.39 Å². The van der Waals surface area contributed by atoms with E-state index in [1.807, 2.05) is 6.07 Å². The summed E-state index contributed by atoms with van der Waals surface area (Å²) in [4.78, 5) is 12.1. The maximum Gasteiger partial charge on any atom is 0.241 e. The molecule has 1 fully saturated rings. The molecule has 1 aromatic carbocycles. The molecular weight excluding hydrogens is 307 g/mol. The van der Waals surface area contributed by atoms with Gasteiger partial charge in [0, 0.05) is 30.9 Å². The summed E-state index contributed by atoms with van der Waals surface area (Å²) in [6.45, 7) is 2.61. The van der Waals surface area contributed by atoms with Crippen molar-refractivity contribution in [1.82, 2.24) is 20.4 Å². The Kier molecular flexibility index (Phi) is 5.59. The van der Waals surface area contributed by atoms with Crippen LogP contribution in [0.5, 0.6) is 0 Å².